The smallest absolute Gasteiger partial charge is 0.313 e. The number of hydrogen-bond donors (Lipinski definition) is 3. The fourth-order valence-electron chi connectivity index (χ4n) is 2.46. The van der Waals surface area contributed by atoms with Crippen LogP contribution in [-0.4, -0.2) is 42.9 Å². The maximum absolute atomic E-state index is 12.0. The second-order valence-corrected chi connectivity index (χ2v) is 5.81. The zero-order valence-corrected chi connectivity index (χ0v) is 15.3. The Labute approximate surface area is 154 Å². The maximum atomic E-state index is 12.0. The molecule has 0 saturated carbocycles. The third-order valence-electron chi connectivity index (χ3n) is 4.02. The SMILES string of the molecule is CCN(CC)CCNC(=O)C(=O)Nc1ccc(Nc2ccccc2)cc1. The lowest BCUT2D eigenvalue weighted by Gasteiger charge is -2.17. The van der Waals surface area contributed by atoms with Crippen molar-refractivity contribution in [1.82, 2.24) is 10.2 Å². The van der Waals surface area contributed by atoms with Gasteiger partial charge >= 0.3 is 11.8 Å². The highest BCUT2D eigenvalue weighted by atomic mass is 16.2. The molecule has 0 radical (unpaired) electrons. The predicted molar refractivity (Wildman–Crippen MR) is 106 cm³/mol. The average Bonchev–Trinajstić information content (AvgIpc) is 2.67. The van der Waals surface area contributed by atoms with E-state index < -0.39 is 11.8 Å². The second-order valence-electron chi connectivity index (χ2n) is 5.81. The molecule has 0 saturated heterocycles. The molecule has 0 unspecified atom stereocenters. The molecule has 0 aromatic heterocycles. The number of nitrogens with one attached hydrogen (secondary N) is 3. The van der Waals surface area contributed by atoms with Crippen LogP contribution in [0.4, 0.5) is 17.1 Å². The van der Waals surface area contributed by atoms with Gasteiger partial charge in [0.05, 0.1) is 0 Å². The molecule has 138 valence electrons. The molecule has 6 heteroatoms. The molecule has 2 rings (SSSR count). The number of likely N-dealkylation sites (N-methyl/N-ethyl adjacent to an activating group) is 1. The zero-order valence-electron chi connectivity index (χ0n) is 15.3. The minimum Gasteiger partial charge on any atom is -0.356 e. The van der Waals surface area contributed by atoms with E-state index in [1.54, 1.807) is 12.1 Å². The highest BCUT2D eigenvalue weighted by Crippen LogP contribution is 2.18. The number of amides is 2. The van der Waals surface area contributed by atoms with Gasteiger partial charge in [-0.05, 0) is 49.5 Å². The van der Waals surface area contributed by atoms with Crippen molar-refractivity contribution in [2.24, 2.45) is 0 Å². The van der Waals surface area contributed by atoms with Gasteiger partial charge < -0.3 is 20.9 Å². The van der Waals surface area contributed by atoms with E-state index in [0.29, 0.717) is 12.2 Å². The first-order valence-electron chi connectivity index (χ1n) is 8.86. The molecule has 2 amide bonds. The fraction of sp³-hybridized carbons (Fsp3) is 0.300. The van der Waals surface area contributed by atoms with Crippen molar-refractivity contribution in [3.63, 3.8) is 0 Å². The van der Waals surface area contributed by atoms with Crippen LogP contribution in [-0.2, 0) is 9.59 Å². The van der Waals surface area contributed by atoms with Crippen molar-refractivity contribution in [2.45, 2.75) is 13.8 Å². The summed E-state index contributed by atoms with van der Waals surface area (Å²) in [5.41, 5.74) is 2.46. The number of para-hydroxylation sites is 1. The zero-order chi connectivity index (χ0) is 18.8. The van der Waals surface area contributed by atoms with Crippen LogP contribution in [0.15, 0.2) is 54.6 Å². The minimum absolute atomic E-state index is 0.452. The standard InChI is InChI=1S/C20H26N4O2/c1-3-24(4-2)15-14-21-19(25)20(26)23-18-12-10-17(11-13-18)22-16-8-6-5-7-9-16/h5-13,22H,3-4,14-15H2,1-2H3,(H,21,25)(H,23,26). The Morgan fingerprint density at radius 2 is 1.38 bits per heavy atom. The summed E-state index contributed by atoms with van der Waals surface area (Å²) >= 11 is 0. The molecule has 26 heavy (non-hydrogen) atoms. The van der Waals surface area contributed by atoms with Gasteiger partial charge in [-0.3, -0.25) is 9.59 Å². The lowest BCUT2D eigenvalue weighted by molar-refractivity contribution is -0.136. The van der Waals surface area contributed by atoms with E-state index in [0.717, 1.165) is 31.0 Å². The van der Waals surface area contributed by atoms with Crippen molar-refractivity contribution in [1.29, 1.82) is 0 Å². The number of carbonyl (C=O) groups excluding carboxylic acids is 2. The third kappa shape index (κ3) is 6.22. The molecular formula is C20H26N4O2. The van der Waals surface area contributed by atoms with E-state index in [9.17, 15) is 9.59 Å². The van der Waals surface area contributed by atoms with Gasteiger partial charge in [0.2, 0.25) is 0 Å². The van der Waals surface area contributed by atoms with Gasteiger partial charge in [-0.1, -0.05) is 32.0 Å². The molecule has 0 fully saturated rings. The van der Waals surface area contributed by atoms with Crippen LogP contribution < -0.4 is 16.0 Å². The normalized spacial score (nSPS) is 10.4. The van der Waals surface area contributed by atoms with Crippen LogP contribution in [0, 0.1) is 0 Å². The van der Waals surface area contributed by atoms with Crippen molar-refractivity contribution in [2.75, 3.05) is 36.8 Å². The summed E-state index contributed by atoms with van der Waals surface area (Å²) in [5.74, 6) is -1.28. The maximum Gasteiger partial charge on any atom is 0.313 e. The summed E-state index contributed by atoms with van der Waals surface area (Å²) in [6, 6.07) is 17.0. The van der Waals surface area contributed by atoms with Gasteiger partial charge in [0.1, 0.15) is 0 Å². The number of rotatable bonds is 8. The molecule has 0 aliphatic carbocycles. The molecule has 2 aromatic rings. The number of anilines is 3. The Morgan fingerprint density at radius 3 is 2.00 bits per heavy atom. The van der Waals surface area contributed by atoms with Crippen LogP contribution in [0.3, 0.4) is 0 Å². The summed E-state index contributed by atoms with van der Waals surface area (Å²) in [5, 5.41) is 8.51. The van der Waals surface area contributed by atoms with Gasteiger partial charge in [-0.2, -0.15) is 0 Å². The van der Waals surface area contributed by atoms with Gasteiger partial charge in [0.25, 0.3) is 0 Å². The van der Waals surface area contributed by atoms with Gasteiger partial charge in [0, 0.05) is 30.2 Å². The second kappa shape index (κ2) is 10.2. The third-order valence-corrected chi connectivity index (χ3v) is 4.02. The minimum atomic E-state index is -0.659. The Hall–Kier alpha value is -2.86. The number of benzene rings is 2. The first-order chi connectivity index (χ1) is 12.6. The fourth-order valence-corrected chi connectivity index (χ4v) is 2.46. The summed E-state index contributed by atoms with van der Waals surface area (Å²) in [6.45, 7) is 7.15. The summed E-state index contributed by atoms with van der Waals surface area (Å²) in [4.78, 5) is 26.0. The van der Waals surface area contributed by atoms with E-state index in [4.69, 9.17) is 0 Å². The molecule has 3 N–H and O–H groups in total. The summed E-state index contributed by atoms with van der Waals surface area (Å²) in [7, 11) is 0. The molecule has 2 aromatic carbocycles. The molecule has 0 atom stereocenters. The van der Waals surface area contributed by atoms with Crippen molar-refractivity contribution in [3.05, 3.63) is 54.6 Å². The molecule has 0 spiro atoms. The summed E-state index contributed by atoms with van der Waals surface area (Å²) < 4.78 is 0. The van der Waals surface area contributed by atoms with Crippen molar-refractivity contribution >= 4 is 28.9 Å². The number of hydrogen-bond acceptors (Lipinski definition) is 4. The van der Waals surface area contributed by atoms with Gasteiger partial charge in [-0.15, -0.1) is 0 Å². The Kier molecular flexibility index (Phi) is 7.64. The van der Waals surface area contributed by atoms with E-state index >= 15 is 0 Å². The lowest BCUT2D eigenvalue weighted by atomic mass is 10.2. The van der Waals surface area contributed by atoms with Crippen LogP contribution in [0.1, 0.15) is 13.8 Å². The molecule has 0 heterocycles. The van der Waals surface area contributed by atoms with Crippen LogP contribution in [0.2, 0.25) is 0 Å². The first kappa shape index (κ1) is 19.5. The molecule has 6 nitrogen and oxygen atoms in total. The highest BCUT2D eigenvalue weighted by molar-refractivity contribution is 6.39. The Balaban J connectivity index is 1.80. The number of carbonyl (C=O) groups is 2. The van der Waals surface area contributed by atoms with E-state index in [1.165, 1.54) is 0 Å². The van der Waals surface area contributed by atoms with Crippen LogP contribution in [0.25, 0.3) is 0 Å². The van der Waals surface area contributed by atoms with Crippen LogP contribution >= 0.6 is 0 Å². The van der Waals surface area contributed by atoms with E-state index in [-0.39, 0.29) is 0 Å². The van der Waals surface area contributed by atoms with E-state index in [2.05, 4.69) is 34.7 Å². The first-order valence-corrected chi connectivity index (χ1v) is 8.86. The Bertz CT molecular complexity index is 698. The van der Waals surface area contributed by atoms with Crippen molar-refractivity contribution in [3.8, 4) is 0 Å². The lowest BCUT2D eigenvalue weighted by Crippen LogP contribution is -2.40. The molecule has 0 aliphatic rings. The Morgan fingerprint density at radius 1 is 0.808 bits per heavy atom. The van der Waals surface area contributed by atoms with Gasteiger partial charge in [0.15, 0.2) is 0 Å². The highest BCUT2D eigenvalue weighted by Gasteiger charge is 2.13. The predicted octanol–water partition coefficient (Wildman–Crippen LogP) is 2.83. The average molecular weight is 354 g/mol. The molecular weight excluding hydrogens is 328 g/mol. The largest absolute Gasteiger partial charge is 0.356 e. The monoisotopic (exact) mass is 354 g/mol. The van der Waals surface area contributed by atoms with Crippen LogP contribution in [0.5, 0.6) is 0 Å². The summed E-state index contributed by atoms with van der Waals surface area (Å²) in [6.07, 6.45) is 0. The number of nitrogens with zero attached hydrogens (tertiary/aromatic N) is 1. The van der Waals surface area contributed by atoms with Crippen molar-refractivity contribution < 1.29 is 9.59 Å². The quantitative estimate of drug-likeness (QED) is 0.638. The topological polar surface area (TPSA) is 73.5 Å². The molecule has 0 aliphatic heterocycles. The molecule has 0 bridgehead atoms. The van der Waals surface area contributed by atoms with Gasteiger partial charge in [-0.25, -0.2) is 0 Å². The van der Waals surface area contributed by atoms with E-state index in [1.807, 2.05) is 42.5 Å².